The smallest absolute Gasteiger partial charge is 0.186 e. The lowest BCUT2D eigenvalue weighted by molar-refractivity contribution is -0.123. The number of halogens is 1. The highest BCUT2D eigenvalue weighted by molar-refractivity contribution is 6.29. The first-order valence-electron chi connectivity index (χ1n) is 3.72. The molecule has 0 aliphatic rings. The Morgan fingerprint density at radius 3 is 2.92 bits per heavy atom. The molecule has 0 rings (SSSR count). The van der Waals surface area contributed by atoms with Gasteiger partial charge in [-0.25, -0.2) is 0 Å². The van der Waals surface area contributed by atoms with E-state index < -0.39 is 5.56 Å². The molecule has 0 radical (unpaired) electrons. The summed E-state index contributed by atoms with van der Waals surface area (Å²) >= 11 is 5.12. The molecular weight excluding hydrogens is 180 g/mol. The molecule has 0 amide bonds. The van der Waals surface area contributed by atoms with E-state index in [0.29, 0.717) is 19.6 Å². The van der Waals surface area contributed by atoms with Crippen LogP contribution in [0.25, 0.3) is 0 Å². The SMILES string of the molecule is C=CCOCCCC(=O)C(O)Cl. The van der Waals surface area contributed by atoms with E-state index in [1.54, 1.807) is 6.08 Å². The fraction of sp³-hybridized carbons (Fsp3) is 0.625. The van der Waals surface area contributed by atoms with Gasteiger partial charge in [-0.2, -0.15) is 0 Å². The number of carbonyl (C=O) groups is 1. The third-order valence-corrected chi connectivity index (χ3v) is 1.46. The fourth-order valence-corrected chi connectivity index (χ4v) is 0.743. The van der Waals surface area contributed by atoms with E-state index in [1.165, 1.54) is 0 Å². The summed E-state index contributed by atoms with van der Waals surface area (Å²) in [5.41, 5.74) is -1.37. The molecule has 1 N–H and O–H groups in total. The third kappa shape index (κ3) is 6.34. The Balaban J connectivity index is 3.19. The lowest BCUT2D eigenvalue weighted by atomic mass is 10.2. The van der Waals surface area contributed by atoms with E-state index in [4.69, 9.17) is 21.4 Å². The van der Waals surface area contributed by atoms with Crippen LogP contribution in [0, 0.1) is 0 Å². The van der Waals surface area contributed by atoms with E-state index in [-0.39, 0.29) is 12.2 Å². The van der Waals surface area contributed by atoms with Crippen molar-refractivity contribution in [2.24, 2.45) is 0 Å². The van der Waals surface area contributed by atoms with Gasteiger partial charge in [0.2, 0.25) is 0 Å². The molecule has 3 nitrogen and oxygen atoms in total. The van der Waals surface area contributed by atoms with Crippen LogP contribution in [0.5, 0.6) is 0 Å². The number of ketones is 1. The van der Waals surface area contributed by atoms with Crippen LogP contribution in [0.2, 0.25) is 0 Å². The summed E-state index contributed by atoms with van der Waals surface area (Å²) in [7, 11) is 0. The van der Waals surface area contributed by atoms with Crippen molar-refractivity contribution in [3.05, 3.63) is 12.7 Å². The second-order valence-corrected chi connectivity index (χ2v) is 2.68. The van der Waals surface area contributed by atoms with Gasteiger partial charge in [-0.15, -0.1) is 6.58 Å². The number of hydrogen-bond acceptors (Lipinski definition) is 3. The highest BCUT2D eigenvalue weighted by Crippen LogP contribution is 1.99. The maximum absolute atomic E-state index is 10.7. The van der Waals surface area contributed by atoms with E-state index >= 15 is 0 Å². The van der Waals surface area contributed by atoms with Crippen molar-refractivity contribution in [2.45, 2.75) is 18.4 Å². The Morgan fingerprint density at radius 1 is 1.75 bits per heavy atom. The quantitative estimate of drug-likeness (QED) is 0.373. The number of rotatable bonds is 7. The van der Waals surface area contributed by atoms with Crippen LogP contribution in [0.15, 0.2) is 12.7 Å². The summed E-state index contributed by atoms with van der Waals surface area (Å²) < 4.78 is 5.02. The molecule has 1 unspecified atom stereocenters. The topological polar surface area (TPSA) is 46.5 Å². The van der Waals surface area contributed by atoms with Gasteiger partial charge in [-0.1, -0.05) is 17.7 Å². The predicted molar refractivity (Wildman–Crippen MR) is 47.1 cm³/mol. The normalized spacial score (nSPS) is 12.5. The summed E-state index contributed by atoms with van der Waals surface area (Å²) in [4.78, 5) is 10.7. The van der Waals surface area contributed by atoms with E-state index in [0.717, 1.165) is 0 Å². The fourth-order valence-electron chi connectivity index (χ4n) is 0.634. The van der Waals surface area contributed by atoms with Gasteiger partial charge < -0.3 is 9.84 Å². The van der Waals surface area contributed by atoms with Gasteiger partial charge in [0.15, 0.2) is 11.3 Å². The van der Waals surface area contributed by atoms with Crippen LogP contribution in [0.4, 0.5) is 0 Å². The maximum Gasteiger partial charge on any atom is 0.186 e. The van der Waals surface area contributed by atoms with Crippen molar-refractivity contribution in [3.63, 3.8) is 0 Å². The van der Waals surface area contributed by atoms with Gasteiger partial charge in [0.25, 0.3) is 0 Å². The molecule has 12 heavy (non-hydrogen) atoms. The zero-order chi connectivity index (χ0) is 9.40. The van der Waals surface area contributed by atoms with Crippen molar-refractivity contribution in [3.8, 4) is 0 Å². The zero-order valence-corrected chi connectivity index (χ0v) is 7.59. The number of hydrogen-bond donors (Lipinski definition) is 1. The first kappa shape index (κ1) is 11.6. The van der Waals surface area contributed by atoms with Gasteiger partial charge in [-0.05, 0) is 6.42 Å². The minimum absolute atomic E-state index is 0.252. The average Bonchev–Trinajstić information content (AvgIpc) is 2.03. The Bertz CT molecular complexity index is 145. The minimum atomic E-state index is -1.37. The molecule has 4 heteroatoms. The number of ether oxygens (including phenoxy) is 1. The molecule has 70 valence electrons. The molecule has 0 bridgehead atoms. The van der Waals surface area contributed by atoms with Crippen LogP contribution in [0.1, 0.15) is 12.8 Å². The summed E-state index contributed by atoms with van der Waals surface area (Å²) in [5.74, 6) is -0.362. The minimum Gasteiger partial charge on any atom is -0.377 e. The molecule has 0 aromatic carbocycles. The molecule has 0 aromatic heterocycles. The molecule has 0 aliphatic heterocycles. The second-order valence-electron chi connectivity index (χ2n) is 2.27. The Kier molecular flexibility index (Phi) is 7.05. The number of carbonyl (C=O) groups excluding carboxylic acids is 1. The Hall–Kier alpha value is -0.380. The molecule has 0 aromatic rings. The molecule has 0 spiro atoms. The van der Waals surface area contributed by atoms with E-state index in [1.807, 2.05) is 0 Å². The van der Waals surface area contributed by atoms with Crippen LogP contribution in [-0.2, 0) is 9.53 Å². The standard InChI is InChI=1S/C8H13ClO3/c1-2-5-12-6-3-4-7(10)8(9)11/h2,8,11H,1,3-6H2. The highest BCUT2D eigenvalue weighted by Gasteiger charge is 2.09. The van der Waals surface area contributed by atoms with Crippen molar-refractivity contribution < 1.29 is 14.6 Å². The Labute approximate surface area is 77.0 Å². The Morgan fingerprint density at radius 2 is 2.42 bits per heavy atom. The maximum atomic E-state index is 10.7. The van der Waals surface area contributed by atoms with Gasteiger partial charge in [-0.3, -0.25) is 4.79 Å². The number of aliphatic hydroxyl groups excluding tert-OH is 1. The zero-order valence-electron chi connectivity index (χ0n) is 6.83. The molecule has 0 fully saturated rings. The van der Waals surface area contributed by atoms with Crippen molar-refractivity contribution in [1.29, 1.82) is 0 Å². The van der Waals surface area contributed by atoms with Crippen molar-refractivity contribution >= 4 is 17.4 Å². The predicted octanol–water partition coefficient (Wildman–Crippen LogP) is 1.10. The first-order valence-corrected chi connectivity index (χ1v) is 4.15. The molecular formula is C8H13ClO3. The summed E-state index contributed by atoms with van der Waals surface area (Å²) in [6.07, 6.45) is 2.47. The van der Waals surface area contributed by atoms with Crippen LogP contribution >= 0.6 is 11.6 Å². The average molecular weight is 193 g/mol. The van der Waals surface area contributed by atoms with Gasteiger partial charge >= 0.3 is 0 Å². The van der Waals surface area contributed by atoms with Crippen LogP contribution < -0.4 is 0 Å². The molecule has 0 heterocycles. The van der Waals surface area contributed by atoms with E-state index in [9.17, 15) is 4.79 Å². The van der Waals surface area contributed by atoms with Crippen LogP contribution in [-0.4, -0.2) is 29.7 Å². The lowest BCUT2D eigenvalue weighted by Crippen LogP contribution is -2.13. The number of alkyl halides is 1. The van der Waals surface area contributed by atoms with Gasteiger partial charge in [0.1, 0.15) is 0 Å². The first-order chi connectivity index (χ1) is 5.68. The third-order valence-electron chi connectivity index (χ3n) is 1.21. The van der Waals surface area contributed by atoms with Crippen LogP contribution in [0.3, 0.4) is 0 Å². The van der Waals surface area contributed by atoms with E-state index in [2.05, 4.69) is 6.58 Å². The van der Waals surface area contributed by atoms with Gasteiger partial charge in [0, 0.05) is 13.0 Å². The second kappa shape index (κ2) is 7.28. The lowest BCUT2D eigenvalue weighted by Gasteiger charge is -2.01. The number of aliphatic hydroxyl groups is 1. The van der Waals surface area contributed by atoms with Crippen molar-refractivity contribution in [1.82, 2.24) is 0 Å². The monoisotopic (exact) mass is 192 g/mol. The molecule has 0 saturated heterocycles. The highest BCUT2D eigenvalue weighted by atomic mass is 35.5. The molecule has 0 aliphatic carbocycles. The largest absolute Gasteiger partial charge is 0.377 e. The molecule has 1 atom stereocenters. The van der Waals surface area contributed by atoms with Gasteiger partial charge in [0.05, 0.1) is 6.61 Å². The number of Topliss-reactive ketones (excluding diaryl/α,β-unsaturated/α-hetero) is 1. The molecule has 0 saturated carbocycles. The summed E-state index contributed by atoms with van der Waals surface area (Å²) in [6, 6.07) is 0. The van der Waals surface area contributed by atoms with Crippen molar-refractivity contribution in [2.75, 3.05) is 13.2 Å². The summed E-state index contributed by atoms with van der Waals surface area (Å²) in [6.45, 7) is 4.44. The summed E-state index contributed by atoms with van der Waals surface area (Å²) in [5, 5.41) is 8.58.